The lowest BCUT2D eigenvalue weighted by Crippen LogP contribution is -2.43. The quantitative estimate of drug-likeness (QED) is 0.644. The highest BCUT2D eigenvalue weighted by Gasteiger charge is 2.33. The molecule has 1 N–H and O–H groups in total. The van der Waals surface area contributed by atoms with E-state index in [0.29, 0.717) is 38.0 Å². The van der Waals surface area contributed by atoms with Crippen molar-refractivity contribution >= 4 is 27.0 Å². The van der Waals surface area contributed by atoms with E-state index in [1.165, 1.54) is 49.1 Å². The Morgan fingerprint density at radius 1 is 1.06 bits per heavy atom. The number of nitrogens with zero attached hydrogens (tertiary/aromatic N) is 4. The van der Waals surface area contributed by atoms with Crippen LogP contribution in [0.15, 0.2) is 27.7 Å². The van der Waals surface area contributed by atoms with Gasteiger partial charge in [0.2, 0.25) is 15.9 Å². The minimum absolute atomic E-state index is 0.0377. The molecule has 0 bridgehead atoms. The van der Waals surface area contributed by atoms with Crippen molar-refractivity contribution in [2.75, 3.05) is 39.3 Å². The van der Waals surface area contributed by atoms with E-state index in [2.05, 4.69) is 25.2 Å². The number of aromatic nitrogens is 2. The molecule has 1 aromatic heterocycles. The SMILES string of the molecule is O=C(NCCCN1CCCCCC1)C1CCN(S(=O)(=O)c2cccc3nonc23)CC1. The maximum absolute atomic E-state index is 13.1. The van der Waals surface area contributed by atoms with Crippen LogP contribution >= 0.6 is 0 Å². The first-order chi connectivity index (χ1) is 15.1. The molecular weight excluding hydrogens is 418 g/mol. The summed E-state index contributed by atoms with van der Waals surface area (Å²) in [4.78, 5) is 15.1. The van der Waals surface area contributed by atoms with E-state index >= 15 is 0 Å². The lowest BCUT2D eigenvalue weighted by molar-refractivity contribution is -0.126. The number of rotatable bonds is 7. The van der Waals surface area contributed by atoms with Crippen LogP contribution in [0.2, 0.25) is 0 Å². The molecule has 0 saturated carbocycles. The number of sulfonamides is 1. The molecule has 1 aromatic carbocycles. The Balaban J connectivity index is 1.24. The Kier molecular flexibility index (Phi) is 7.19. The van der Waals surface area contributed by atoms with Crippen LogP contribution in [0, 0.1) is 5.92 Å². The van der Waals surface area contributed by atoms with E-state index in [-0.39, 0.29) is 22.2 Å². The highest BCUT2D eigenvalue weighted by molar-refractivity contribution is 7.89. The van der Waals surface area contributed by atoms with Gasteiger partial charge in [0, 0.05) is 25.6 Å². The maximum atomic E-state index is 13.1. The summed E-state index contributed by atoms with van der Waals surface area (Å²) in [5.41, 5.74) is 0.655. The van der Waals surface area contributed by atoms with Gasteiger partial charge in [0.1, 0.15) is 10.4 Å². The van der Waals surface area contributed by atoms with Crippen LogP contribution in [0.3, 0.4) is 0 Å². The molecule has 2 aromatic rings. The fourth-order valence-electron chi connectivity index (χ4n) is 4.51. The predicted octanol–water partition coefficient (Wildman–Crippen LogP) is 2.01. The summed E-state index contributed by atoms with van der Waals surface area (Å²) in [5.74, 6) is -0.107. The third-order valence-corrected chi connectivity index (χ3v) is 8.27. The summed E-state index contributed by atoms with van der Waals surface area (Å²) in [6, 6.07) is 4.81. The second-order valence-electron chi connectivity index (χ2n) is 8.47. The van der Waals surface area contributed by atoms with Gasteiger partial charge < -0.3 is 10.2 Å². The number of hydrogen-bond donors (Lipinski definition) is 1. The third kappa shape index (κ3) is 5.24. The number of carbonyl (C=O) groups excluding carboxylic acids is 1. The number of hydrogen-bond acceptors (Lipinski definition) is 7. The Bertz CT molecular complexity index is 977. The van der Waals surface area contributed by atoms with Crippen LogP contribution in [0.1, 0.15) is 44.9 Å². The molecule has 4 rings (SSSR count). The van der Waals surface area contributed by atoms with Crippen LogP contribution in [-0.4, -0.2) is 73.1 Å². The number of fused-ring (bicyclic) bond motifs is 1. The average molecular weight is 450 g/mol. The van der Waals surface area contributed by atoms with Crippen LogP contribution in [-0.2, 0) is 14.8 Å². The van der Waals surface area contributed by atoms with Gasteiger partial charge in [-0.1, -0.05) is 18.9 Å². The first-order valence-corrected chi connectivity index (χ1v) is 12.7. The molecule has 170 valence electrons. The monoisotopic (exact) mass is 449 g/mol. The largest absolute Gasteiger partial charge is 0.356 e. The molecule has 0 spiro atoms. The van der Waals surface area contributed by atoms with Crippen molar-refractivity contribution in [3.8, 4) is 0 Å². The minimum atomic E-state index is -3.71. The van der Waals surface area contributed by atoms with E-state index < -0.39 is 10.0 Å². The van der Waals surface area contributed by atoms with Crippen molar-refractivity contribution in [3.05, 3.63) is 18.2 Å². The van der Waals surface area contributed by atoms with Crippen molar-refractivity contribution in [3.63, 3.8) is 0 Å². The van der Waals surface area contributed by atoms with Crippen molar-refractivity contribution in [2.24, 2.45) is 5.92 Å². The molecule has 2 aliphatic heterocycles. The summed E-state index contributed by atoms with van der Waals surface area (Å²) >= 11 is 0. The Hall–Kier alpha value is -2.04. The summed E-state index contributed by atoms with van der Waals surface area (Å²) in [6.45, 7) is 4.66. The fourth-order valence-corrected chi connectivity index (χ4v) is 6.11. The molecule has 31 heavy (non-hydrogen) atoms. The van der Waals surface area contributed by atoms with Gasteiger partial charge in [-0.25, -0.2) is 13.0 Å². The molecule has 2 fully saturated rings. The molecule has 0 atom stereocenters. The lowest BCUT2D eigenvalue weighted by atomic mass is 9.97. The number of benzene rings is 1. The molecule has 10 heteroatoms. The zero-order chi connectivity index (χ0) is 21.7. The second-order valence-corrected chi connectivity index (χ2v) is 10.4. The van der Waals surface area contributed by atoms with Crippen LogP contribution < -0.4 is 5.32 Å². The van der Waals surface area contributed by atoms with Crippen LogP contribution in [0.5, 0.6) is 0 Å². The van der Waals surface area contributed by atoms with Gasteiger partial charge in [-0.2, -0.15) is 4.31 Å². The van der Waals surface area contributed by atoms with Gasteiger partial charge >= 0.3 is 0 Å². The summed E-state index contributed by atoms with van der Waals surface area (Å²) in [6.07, 6.45) is 7.19. The van der Waals surface area contributed by atoms with Crippen LogP contribution in [0.25, 0.3) is 11.0 Å². The van der Waals surface area contributed by atoms with E-state index in [1.807, 2.05) is 0 Å². The Morgan fingerprint density at radius 3 is 2.55 bits per heavy atom. The molecule has 2 aliphatic rings. The van der Waals surface area contributed by atoms with Gasteiger partial charge in [0.05, 0.1) is 0 Å². The van der Waals surface area contributed by atoms with E-state index in [0.717, 1.165) is 13.0 Å². The van der Waals surface area contributed by atoms with E-state index in [9.17, 15) is 13.2 Å². The third-order valence-electron chi connectivity index (χ3n) is 6.34. The zero-order valence-electron chi connectivity index (χ0n) is 17.8. The molecule has 2 saturated heterocycles. The number of nitrogens with one attached hydrogen (secondary N) is 1. The van der Waals surface area contributed by atoms with Crippen molar-refractivity contribution in [1.29, 1.82) is 0 Å². The topological polar surface area (TPSA) is 109 Å². The standard InChI is InChI=1S/C21H31N5O4S/c27-21(22-11-6-14-25-12-3-1-2-4-13-25)17-9-15-26(16-10-17)31(28,29)19-8-5-7-18-20(19)24-30-23-18/h5,7-8,17H,1-4,6,9-16H2,(H,22,27). The highest BCUT2D eigenvalue weighted by atomic mass is 32.2. The van der Waals surface area contributed by atoms with Crippen molar-refractivity contribution < 1.29 is 17.8 Å². The zero-order valence-corrected chi connectivity index (χ0v) is 18.6. The molecule has 0 unspecified atom stereocenters. The molecule has 1 amide bonds. The lowest BCUT2D eigenvalue weighted by Gasteiger charge is -2.30. The van der Waals surface area contributed by atoms with Gasteiger partial charge in [-0.05, 0) is 74.2 Å². The predicted molar refractivity (Wildman–Crippen MR) is 116 cm³/mol. The molecular formula is C21H31N5O4S. The normalized spacial score (nSPS) is 20.0. The number of amides is 1. The summed E-state index contributed by atoms with van der Waals surface area (Å²) < 4.78 is 32.3. The number of likely N-dealkylation sites (tertiary alicyclic amines) is 1. The number of carbonyl (C=O) groups is 1. The van der Waals surface area contributed by atoms with Crippen molar-refractivity contribution in [2.45, 2.75) is 49.8 Å². The van der Waals surface area contributed by atoms with Gasteiger partial charge in [0.25, 0.3) is 0 Å². The van der Waals surface area contributed by atoms with Crippen molar-refractivity contribution in [1.82, 2.24) is 24.8 Å². The fraction of sp³-hybridized carbons (Fsp3) is 0.667. The highest BCUT2D eigenvalue weighted by Crippen LogP contribution is 2.27. The van der Waals surface area contributed by atoms with Crippen LogP contribution in [0.4, 0.5) is 0 Å². The van der Waals surface area contributed by atoms with E-state index in [1.54, 1.807) is 12.1 Å². The Labute approximate surface area is 183 Å². The minimum Gasteiger partial charge on any atom is -0.356 e. The van der Waals surface area contributed by atoms with Gasteiger partial charge in [-0.3, -0.25) is 4.79 Å². The van der Waals surface area contributed by atoms with E-state index in [4.69, 9.17) is 0 Å². The molecule has 0 radical (unpaired) electrons. The molecule has 0 aliphatic carbocycles. The van der Waals surface area contributed by atoms with Gasteiger partial charge in [-0.15, -0.1) is 0 Å². The smallest absolute Gasteiger partial charge is 0.245 e. The maximum Gasteiger partial charge on any atom is 0.245 e. The van der Waals surface area contributed by atoms with Gasteiger partial charge in [0.15, 0.2) is 5.52 Å². The summed E-state index contributed by atoms with van der Waals surface area (Å²) in [5, 5.41) is 10.5. The first kappa shape index (κ1) is 22.2. The first-order valence-electron chi connectivity index (χ1n) is 11.3. The number of piperidine rings is 1. The second kappa shape index (κ2) is 10.1. The molecule has 3 heterocycles. The Morgan fingerprint density at radius 2 is 1.81 bits per heavy atom. The molecule has 9 nitrogen and oxygen atoms in total. The summed E-state index contributed by atoms with van der Waals surface area (Å²) in [7, 11) is -3.71. The average Bonchev–Trinajstić information content (AvgIpc) is 3.12.